The van der Waals surface area contributed by atoms with Crippen molar-refractivity contribution in [3.63, 3.8) is 0 Å². The van der Waals surface area contributed by atoms with Crippen molar-refractivity contribution in [3.05, 3.63) is 0 Å². The number of hydrogen-bond donors (Lipinski definition) is 2. The van der Waals surface area contributed by atoms with Crippen molar-refractivity contribution in [1.29, 1.82) is 0 Å². The van der Waals surface area contributed by atoms with Crippen LogP contribution in [0.25, 0.3) is 0 Å². The van der Waals surface area contributed by atoms with Gasteiger partial charge in [0.2, 0.25) is 0 Å². The Labute approximate surface area is 93.6 Å². The molecule has 0 amide bonds. The number of nitrogens with zero attached hydrogens (tertiary/aromatic N) is 1. The fourth-order valence-corrected chi connectivity index (χ4v) is 2.22. The molecule has 0 radical (unpaired) electrons. The molecule has 0 aromatic heterocycles. The summed E-state index contributed by atoms with van der Waals surface area (Å²) in [6, 6.07) is 0.186. The molecular weight excluding hydrogens is 188 g/mol. The first-order chi connectivity index (χ1) is 7.06. The largest absolute Gasteiger partial charge is 0.395 e. The van der Waals surface area contributed by atoms with Crippen molar-refractivity contribution in [3.8, 4) is 0 Å². The second-order valence-corrected chi connectivity index (χ2v) is 5.31. The average Bonchev–Trinajstić information content (AvgIpc) is 2.12. The lowest BCUT2D eigenvalue weighted by atomic mass is 9.84. The zero-order valence-corrected chi connectivity index (χ0v) is 10.3. The fourth-order valence-electron chi connectivity index (χ4n) is 2.22. The number of aliphatic hydroxyl groups excluding tert-OH is 1. The van der Waals surface area contributed by atoms with Crippen LogP contribution in [0.3, 0.4) is 0 Å². The number of likely N-dealkylation sites (N-methyl/N-ethyl adjacent to an activating group) is 1. The minimum atomic E-state index is 0.0695. The van der Waals surface area contributed by atoms with Gasteiger partial charge in [-0.05, 0) is 31.7 Å². The smallest absolute Gasteiger partial charge is 0.0601 e. The fraction of sp³-hybridized carbons (Fsp3) is 1.00. The zero-order chi connectivity index (χ0) is 11.4. The van der Waals surface area contributed by atoms with Gasteiger partial charge in [-0.1, -0.05) is 20.3 Å². The summed E-state index contributed by atoms with van der Waals surface area (Å²) < 4.78 is 0. The summed E-state index contributed by atoms with van der Waals surface area (Å²) in [7, 11) is 2.08. The Morgan fingerprint density at radius 1 is 1.40 bits per heavy atom. The quantitative estimate of drug-likeness (QED) is 0.695. The van der Waals surface area contributed by atoms with Crippen LogP contribution in [0.2, 0.25) is 0 Å². The first-order valence-corrected chi connectivity index (χ1v) is 6.13. The second-order valence-electron chi connectivity index (χ2n) is 5.31. The molecule has 0 aliphatic heterocycles. The van der Waals surface area contributed by atoms with E-state index in [0.717, 1.165) is 12.5 Å². The Hall–Kier alpha value is -0.120. The van der Waals surface area contributed by atoms with Crippen LogP contribution in [0.15, 0.2) is 0 Å². The molecule has 0 aromatic rings. The first-order valence-electron chi connectivity index (χ1n) is 6.13. The van der Waals surface area contributed by atoms with Gasteiger partial charge in [-0.15, -0.1) is 0 Å². The van der Waals surface area contributed by atoms with E-state index in [1.807, 2.05) is 0 Å². The third kappa shape index (κ3) is 3.44. The minimum absolute atomic E-state index is 0.0695. The molecule has 2 unspecified atom stereocenters. The molecule has 3 heteroatoms. The van der Waals surface area contributed by atoms with Crippen molar-refractivity contribution >= 4 is 0 Å². The molecule has 0 heterocycles. The highest BCUT2D eigenvalue weighted by Gasteiger charge is 2.27. The third-order valence-electron chi connectivity index (χ3n) is 3.74. The van der Waals surface area contributed by atoms with E-state index in [2.05, 4.69) is 25.8 Å². The Morgan fingerprint density at radius 3 is 2.33 bits per heavy atom. The highest BCUT2D eigenvalue weighted by atomic mass is 16.3. The van der Waals surface area contributed by atoms with Crippen molar-refractivity contribution < 1.29 is 5.11 Å². The standard InChI is InChI=1S/C12H26N2O/c1-9(2)12(13)11(8-15)14(3)7-10-5-4-6-10/h9-12,15H,4-8,13H2,1-3H3. The predicted molar refractivity (Wildman–Crippen MR) is 63.7 cm³/mol. The zero-order valence-electron chi connectivity index (χ0n) is 10.3. The van der Waals surface area contributed by atoms with Crippen molar-refractivity contribution in [2.24, 2.45) is 17.6 Å². The van der Waals surface area contributed by atoms with E-state index in [-0.39, 0.29) is 18.7 Å². The second kappa shape index (κ2) is 5.83. The van der Waals surface area contributed by atoms with E-state index in [9.17, 15) is 5.11 Å². The van der Waals surface area contributed by atoms with E-state index in [4.69, 9.17) is 5.73 Å². The molecular formula is C12H26N2O. The predicted octanol–water partition coefficient (Wildman–Crippen LogP) is 1.06. The molecule has 1 saturated carbocycles. The molecule has 1 rings (SSSR count). The van der Waals surface area contributed by atoms with Gasteiger partial charge in [0.1, 0.15) is 0 Å². The molecule has 1 fully saturated rings. The number of aliphatic hydroxyl groups is 1. The van der Waals surface area contributed by atoms with Gasteiger partial charge in [0, 0.05) is 18.6 Å². The van der Waals surface area contributed by atoms with Gasteiger partial charge in [0.05, 0.1) is 6.61 Å². The van der Waals surface area contributed by atoms with Crippen molar-refractivity contribution in [1.82, 2.24) is 4.90 Å². The Kier molecular flexibility index (Phi) is 5.03. The minimum Gasteiger partial charge on any atom is -0.395 e. The highest BCUT2D eigenvalue weighted by molar-refractivity contribution is 4.84. The maximum atomic E-state index is 9.40. The van der Waals surface area contributed by atoms with Crippen LogP contribution in [0.5, 0.6) is 0 Å². The SMILES string of the molecule is CC(C)C(N)C(CO)N(C)CC1CCC1. The summed E-state index contributed by atoms with van der Waals surface area (Å²) in [5.41, 5.74) is 6.11. The van der Waals surface area contributed by atoms with Crippen LogP contribution in [-0.2, 0) is 0 Å². The van der Waals surface area contributed by atoms with Crippen LogP contribution in [0.4, 0.5) is 0 Å². The molecule has 0 aromatic carbocycles. The van der Waals surface area contributed by atoms with E-state index < -0.39 is 0 Å². The molecule has 0 saturated heterocycles. The van der Waals surface area contributed by atoms with Gasteiger partial charge < -0.3 is 10.8 Å². The summed E-state index contributed by atoms with van der Waals surface area (Å²) in [6.07, 6.45) is 4.07. The van der Waals surface area contributed by atoms with E-state index in [0.29, 0.717) is 5.92 Å². The number of rotatable bonds is 6. The van der Waals surface area contributed by atoms with Crippen LogP contribution in [0, 0.1) is 11.8 Å². The molecule has 1 aliphatic carbocycles. The summed E-state index contributed by atoms with van der Waals surface area (Å²) >= 11 is 0. The Morgan fingerprint density at radius 2 is 2.00 bits per heavy atom. The molecule has 2 atom stereocenters. The van der Waals surface area contributed by atoms with Gasteiger partial charge in [0.15, 0.2) is 0 Å². The van der Waals surface area contributed by atoms with Gasteiger partial charge >= 0.3 is 0 Å². The maximum absolute atomic E-state index is 9.40. The number of hydrogen-bond acceptors (Lipinski definition) is 3. The normalized spacial score (nSPS) is 21.8. The van der Waals surface area contributed by atoms with Gasteiger partial charge in [-0.2, -0.15) is 0 Å². The molecule has 1 aliphatic rings. The number of nitrogens with two attached hydrogens (primary N) is 1. The maximum Gasteiger partial charge on any atom is 0.0601 e. The van der Waals surface area contributed by atoms with Crippen LogP contribution in [-0.4, -0.2) is 42.3 Å². The molecule has 0 bridgehead atoms. The molecule has 15 heavy (non-hydrogen) atoms. The molecule has 3 nitrogen and oxygen atoms in total. The lowest BCUT2D eigenvalue weighted by Crippen LogP contribution is -2.52. The summed E-state index contributed by atoms with van der Waals surface area (Å²) in [5, 5.41) is 9.40. The molecule has 3 N–H and O–H groups in total. The van der Waals surface area contributed by atoms with Crippen molar-refractivity contribution in [2.45, 2.75) is 45.2 Å². The first kappa shape index (κ1) is 12.9. The lowest BCUT2D eigenvalue weighted by molar-refractivity contribution is 0.0852. The Bertz CT molecular complexity index is 180. The highest BCUT2D eigenvalue weighted by Crippen LogP contribution is 2.27. The monoisotopic (exact) mass is 214 g/mol. The van der Waals surface area contributed by atoms with Gasteiger partial charge in [-0.25, -0.2) is 0 Å². The summed E-state index contributed by atoms with van der Waals surface area (Å²) in [6.45, 7) is 5.49. The van der Waals surface area contributed by atoms with E-state index >= 15 is 0 Å². The molecule has 90 valence electrons. The van der Waals surface area contributed by atoms with Crippen LogP contribution in [0.1, 0.15) is 33.1 Å². The topological polar surface area (TPSA) is 49.5 Å². The summed E-state index contributed by atoms with van der Waals surface area (Å²) in [5.74, 6) is 1.26. The van der Waals surface area contributed by atoms with Crippen molar-refractivity contribution in [2.75, 3.05) is 20.2 Å². The summed E-state index contributed by atoms with van der Waals surface area (Å²) in [4.78, 5) is 2.24. The van der Waals surface area contributed by atoms with E-state index in [1.165, 1.54) is 19.3 Å². The van der Waals surface area contributed by atoms with Crippen LogP contribution < -0.4 is 5.73 Å². The third-order valence-corrected chi connectivity index (χ3v) is 3.74. The van der Waals surface area contributed by atoms with E-state index in [1.54, 1.807) is 0 Å². The molecule has 0 spiro atoms. The lowest BCUT2D eigenvalue weighted by Gasteiger charge is -2.37. The average molecular weight is 214 g/mol. The Balaban J connectivity index is 2.41. The van der Waals surface area contributed by atoms with Gasteiger partial charge in [-0.3, -0.25) is 4.90 Å². The van der Waals surface area contributed by atoms with Gasteiger partial charge in [0.25, 0.3) is 0 Å². The van der Waals surface area contributed by atoms with Crippen LogP contribution >= 0.6 is 0 Å².